The zero-order chi connectivity index (χ0) is 18.2. The van der Waals surface area contributed by atoms with Crippen molar-refractivity contribution in [1.82, 2.24) is 10.4 Å². The molecular formula is C20H27N5. The molecule has 2 N–H and O–H groups in total. The number of nitrogens with zero attached hydrogens (tertiary/aromatic N) is 3. The molecule has 0 fully saturated rings. The number of likely N-dealkylation sites (N-methyl/N-ethyl adjacent to an activating group) is 1. The van der Waals surface area contributed by atoms with E-state index < -0.39 is 0 Å². The standard InChI is InChI=1S/C20H27N5/c1-6-11-21-20(24-19-10-8-7-9-15(19)2)17(4)22-12-16(3)18-13-23-25(5)14-18/h6-13,23H,14H2,1-5H3,(H,21,24)/b11-6-,16-12+,22-17?. The molecule has 5 nitrogen and oxygen atoms in total. The third-order valence-electron chi connectivity index (χ3n) is 3.92. The number of amidine groups is 1. The van der Waals surface area contributed by atoms with Gasteiger partial charge < -0.3 is 10.7 Å². The first-order valence-electron chi connectivity index (χ1n) is 8.41. The van der Waals surface area contributed by atoms with E-state index in [4.69, 9.17) is 0 Å². The van der Waals surface area contributed by atoms with Crippen molar-refractivity contribution in [2.45, 2.75) is 27.7 Å². The first-order chi connectivity index (χ1) is 12.0. The predicted molar refractivity (Wildman–Crippen MR) is 108 cm³/mol. The van der Waals surface area contributed by atoms with E-state index in [0.717, 1.165) is 29.4 Å². The maximum Gasteiger partial charge on any atom is 0.151 e. The monoisotopic (exact) mass is 337 g/mol. The van der Waals surface area contributed by atoms with Gasteiger partial charge in [-0.2, -0.15) is 0 Å². The molecule has 0 bridgehead atoms. The van der Waals surface area contributed by atoms with Crippen LogP contribution in [0.25, 0.3) is 0 Å². The fourth-order valence-electron chi connectivity index (χ4n) is 2.32. The quantitative estimate of drug-likeness (QED) is 0.630. The second-order valence-corrected chi connectivity index (χ2v) is 6.08. The second kappa shape index (κ2) is 8.99. The summed E-state index contributed by atoms with van der Waals surface area (Å²) in [7, 11) is 2.01. The lowest BCUT2D eigenvalue weighted by Gasteiger charge is -2.11. The minimum absolute atomic E-state index is 0.743. The number of rotatable bonds is 5. The Balaban J connectivity index is 2.21. The van der Waals surface area contributed by atoms with Gasteiger partial charge in [-0.3, -0.25) is 4.99 Å². The molecule has 0 atom stereocenters. The highest BCUT2D eigenvalue weighted by Gasteiger charge is 2.10. The lowest BCUT2D eigenvalue weighted by Crippen LogP contribution is -2.24. The number of allylic oxidation sites excluding steroid dienone is 1. The Bertz CT molecular complexity index is 753. The number of hydrogen-bond acceptors (Lipinski definition) is 4. The number of benzene rings is 1. The average molecular weight is 337 g/mol. The van der Waals surface area contributed by atoms with Gasteiger partial charge in [0, 0.05) is 37.9 Å². The number of hydrogen-bond donors (Lipinski definition) is 2. The molecule has 0 spiro atoms. The lowest BCUT2D eigenvalue weighted by atomic mass is 10.1. The molecule has 1 aromatic rings. The summed E-state index contributed by atoms with van der Waals surface area (Å²) in [6, 6.07) is 8.15. The lowest BCUT2D eigenvalue weighted by molar-refractivity contribution is 0.329. The molecule has 132 valence electrons. The van der Waals surface area contributed by atoms with E-state index in [2.05, 4.69) is 40.6 Å². The smallest absolute Gasteiger partial charge is 0.151 e. The predicted octanol–water partition coefficient (Wildman–Crippen LogP) is 4.04. The van der Waals surface area contributed by atoms with Crippen LogP contribution in [0.3, 0.4) is 0 Å². The number of hydrazine groups is 1. The molecule has 1 aliphatic rings. The highest BCUT2D eigenvalue weighted by molar-refractivity contribution is 6.45. The van der Waals surface area contributed by atoms with Crippen molar-refractivity contribution in [3.63, 3.8) is 0 Å². The van der Waals surface area contributed by atoms with Gasteiger partial charge in [-0.15, -0.1) is 0 Å². The molecule has 0 aliphatic carbocycles. The third-order valence-corrected chi connectivity index (χ3v) is 3.92. The SMILES string of the molecule is C/C=C\N=C(Nc1ccccc1C)C(C)=N/C=C(\C)C1=CNN(C)C1. The molecule has 1 aliphatic heterocycles. The second-order valence-electron chi connectivity index (χ2n) is 6.08. The van der Waals surface area contributed by atoms with Crippen molar-refractivity contribution in [1.29, 1.82) is 0 Å². The van der Waals surface area contributed by atoms with Crippen LogP contribution in [0.5, 0.6) is 0 Å². The van der Waals surface area contributed by atoms with Crippen LogP contribution in [-0.2, 0) is 0 Å². The minimum Gasteiger partial charge on any atom is -0.339 e. The summed E-state index contributed by atoms with van der Waals surface area (Å²) < 4.78 is 0. The van der Waals surface area contributed by atoms with Crippen LogP contribution in [0, 0.1) is 6.92 Å². The number of aryl methyl sites for hydroxylation is 1. The highest BCUT2D eigenvalue weighted by Crippen LogP contribution is 2.15. The molecule has 1 heterocycles. The van der Waals surface area contributed by atoms with Crippen LogP contribution >= 0.6 is 0 Å². The summed E-state index contributed by atoms with van der Waals surface area (Å²) >= 11 is 0. The summed E-state index contributed by atoms with van der Waals surface area (Å²) in [5, 5.41) is 5.42. The normalized spacial score (nSPS) is 17.0. The Morgan fingerprint density at radius 1 is 1.24 bits per heavy atom. The molecule has 1 aromatic carbocycles. The van der Waals surface area contributed by atoms with Crippen LogP contribution in [0.4, 0.5) is 5.69 Å². The fourth-order valence-corrected chi connectivity index (χ4v) is 2.32. The van der Waals surface area contributed by atoms with Gasteiger partial charge in [0.1, 0.15) is 0 Å². The maximum atomic E-state index is 4.61. The maximum absolute atomic E-state index is 4.61. The Kier molecular flexibility index (Phi) is 6.71. The van der Waals surface area contributed by atoms with Gasteiger partial charge >= 0.3 is 0 Å². The van der Waals surface area contributed by atoms with Gasteiger partial charge in [-0.1, -0.05) is 24.3 Å². The summed E-state index contributed by atoms with van der Waals surface area (Å²) in [6.45, 7) is 8.92. The van der Waals surface area contributed by atoms with Gasteiger partial charge in [0.2, 0.25) is 0 Å². The molecule has 5 heteroatoms. The largest absolute Gasteiger partial charge is 0.339 e. The first kappa shape index (κ1) is 18.7. The molecule has 2 rings (SSSR count). The molecule has 25 heavy (non-hydrogen) atoms. The average Bonchev–Trinajstić information content (AvgIpc) is 3.04. The van der Waals surface area contributed by atoms with E-state index >= 15 is 0 Å². The third kappa shape index (κ3) is 5.43. The van der Waals surface area contributed by atoms with Gasteiger partial charge in [0.05, 0.1) is 5.71 Å². The molecule has 0 saturated heterocycles. The molecule has 0 aromatic heterocycles. The molecule has 0 saturated carbocycles. The number of para-hydroxylation sites is 1. The van der Waals surface area contributed by atoms with Crippen LogP contribution in [0.1, 0.15) is 26.3 Å². The Morgan fingerprint density at radius 2 is 2.00 bits per heavy atom. The highest BCUT2D eigenvalue weighted by atomic mass is 15.5. The van der Waals surface area contributed by atoms with E-state index in [1.165, 1.54) is 11.1 Å². The van der Waals surface area contributed by atoms with Gasteiger partial charge in [0.15, 0.2) is 5.84 Å². The first-order valence-corrected chi connectivity index (χ1v) is 8.41. The van der Waals surface area contributed by atoms with Crippen LogP contribution in [0.15, 0.2) is 70.1 Å². The summed E-state index contributed by atoms with van der Waals surface area (Å²) in [6.07, 6.45) is 7.58. The van der Waals surface area contributed by atoms with Gasteiger partial charge in [-0.05, 0) is 50.5 Å². The number of aliphatic imine (C=N–C) groups is 2. The van der Waals surface area contributed by atoms with Crippen molar-refractivity contribution in [3.05, 3.63) is 65.7 Å². The number of anilines is 1. The van der Waals surface area contributed by atoms with Crippen molar-refractivity contribution in [3.8, 4) is 0 Å². The van der Waals surface area contributed by atoms with Crippen molar-refractivity contribution < 1.29 is 0 Å². The van der Waals surface area contributed by atoms with Crippen molar-refractivity contribution >= 4 is 17.2 Å². The molecule has 0 amide bonds. The Labute approximate surface area is 150 Å². The topological polar surface area (TPSA) is 52.0 Å². The van der Waals surface area contributed by atoms with E-state index in [-0.39, 0.29) is 0 Å². The van der Waals surface area contributed by atoms with Gasteiger partial charge in [0.25, 0.3) is 0 Å². The van der Waals surface area contributed by atoms with Crippen LogP contribution < -0.4 is 10.7 Å². The molecule has 0 radical (unpaired) electrons. The van der Waals surface area contributed by atoms with E-state index in [1.54, 1.807) is 6.20 Å². The summed E-state index contributed by atoms with van der Waals surface area (Å²) in [4.78, 5) is 9.11. The minimum atomic E-state index is 0.743. The van der Waals surface area contributed by atoms with E-state index in [0.29, 0.717) is 0 Å². The number of nitrogens with one attached hydrogen (secondary N) is 2. The molecule has 0 unspecified atom stereocenters. The summed E-state index contributed by atoms with van der Waals surface area (Å²) in [5.74, 6) is 0.743. The van der Waals surface area contributed by atoms with E-state index in [9.17, 15) is 0 Å². The van der Waals surface area contributed by atoms with Crippen molar-refractivity contribution in [2.24, 2.45) is 9.98 Å². The molecular weight excluding hydrogens is 310 g/mol. The van der Waals surface area contributed by atoms with Gasteiger partial charge in [-0.25, -0.2) is 10.0 Å². The Hall–Kier alpha value is -2.66. The summed E-state index contributed by atoms with van der Waals surface area (Å²) in [5.41, 5.74) is 8.57. The zero-order valence-electron chi connectivity index (χ0n) is 15.7. The van der Waals surface area contributed by atoms with E-state index in [1.807, 2.05) is 62.6 Å². The van der Waals surface area contributed by atoms with Crippen LogP contribution in [0.2, 0.25) is 0 Å². The Morgan fingerprint density at radius 3 is 2.64 bits per heavy atom. The van der Waals surface area contributed by atoms with Crippen molar-refractivity contribution in [2.75, 3.05) is 18.9 Å². The zero-order valence-corrected chi connectivity index (χ0v) is 15.7. The fraction of sp³-hybridized carbons (Fsp3) is 0.300. The van der Waals surface area contributed by atoms with Crippen LogP contribution in [-0.4, -0.2) is 30.1 Å².